The van der Waals surface area contributed by atoms with Crippen molar-refractivity contribution in [2.24, 2.45) is 13.0 Å². The average molecular weight is 221 g/mol. The first-order chi connectivity index (χ1) is 7.84. The maximum absolute atomic E-state index is 4.17. The Morgan fingerprint density at radius 1 is 1.50 bits per heavy atom. The van der Waals surface area contributed by atoms with E-state index in [9.17, 15) is 0 Å². The van der Waals surface area contributed by atoms with Crippen LogP contribution in [0.3, 0.4) is 0 Å². The van der Waals surface area contributed by atoms with Gasteiger partial charge in [-0.3, -0.25) is 4.90 Å². The first kappa shape index (κ1) is 10.2. The molecule has 2 aliphatic rings. The van der Waals surface area contributed by atoms with E-state index >= 15 is 0 Å². The van der Waals surface area contributed by atoms with E-state index in [1.807, 2.05) is 11.6 Å². The molecule has 2 saturated heterocycles. The van der Waals surface area contributed by atoms with Gasteiger partial charge >= 0.3 is 0 Å². The van der Waals surface area contributed by atoms with Gasteiger partial charge in [0, 0.05) is 19.6 Å². The fourth-order valence-corrected chi connectivity index (χ4v) is 2.99. The zero-order valence-electron chi connectivity index (χ0n) is 9.76. The summed E-state index contributed by atoms with van der Waals surface area (Å²) in [7, 11) is 2.02. The number of piperidine rings is 1. The molecule has 0 saturated carbocycles. The topological polar surface area (TPSA) is 46.0 Å². The Morgan fingerprint density at radius 3 is 3.25 bits per heavy atom. The minimum Gasteiger partial charge on any atom is -0.320 e. The van der Waals surface area contributed by atoms with Crippen LogP contribution in [0.1, 0.15) is 18.7 Å². The van der Waals surface area contributed by atoms with Gasteiger partial charge in [-0.1, -0.05) is 0 Å². The second-order valence-corrected chi connectivity index (χ2v) is 4.96. The lowest BCUT2D eigenvalue weighted by atomic mass is 9.92. The summed E-state index contributed by atoms with van der Waals surface area (Å²) >= 11 is 0. The summed E-state index contributed by atoms with van der Waals surface area (Å²) in [5, 5.41) is 11.6. The molecule has 2 unspecified atom stereocenters. The molecule has 2 fully saturated rings. The summed E-state index contributed by atoms with van der Waals surface area (Å²) in [5.41, 5.74) is 0. The highest BCUT2D eigenvalue weighted by molar-refractivity contribution is 4.95. The van der Waals surface area contributed by atoms with Crippen molar-refractivity contribution in [1.29, 1.82) is 0 Å². The van der Waals surface area contributed by atoms with Gasteiger partial charge in [-0.15, -0.1) is 10.2 Å². The van der Waals surface area contributed by atoms with E-state index < -0.39 is 0 Å². The second kappa shape index (κ2) is 4.14. The molecule has 5 nitrogen and oxygen atoms in total. The molecule has 0 aliphatic carbocycles. The zero-order valence-corrected chi connectivity index (χ0v) is 9.76. The predicted molar refractivity (Wildman–Crippen MR) is 60.8 cm³/mol. The molecule has 5 heteroatoms. The molecule has 2 aliphatic heterocycles. The van der Waals surface area contributed by atoms with Gasteiger partial charge in [0.25, 0.3) is 0 Å². The quantitative estimate of drug-likeness (QED) is 0.763. The summed E-state index contributed by atoms with van der Waals surface area (Å²) in [4.78, 5) is 2.57. The van der Waals surface area contributed by atoms with Crippen molar-refractivity contribution >= 4 is 0 Å². The molecule has 0 aromatic carbocycles. The normalized spacial score (nSPS) is 30.6. The van der Waals surface area contributed by atoms with Crippen molar-refractivity contribution in [2.75, 3.05) is 19.6 Å². The maximum Gasteiger partial charge on any atom is 0.146 e. The highest BCUT2D eigenvalue weighted by Crippen LogP contribution is 2.27. The minimum atomic E-state index is 0.713. The second-order valence-electron chi connectivity index (χ2n) is 4.96. The number of nitrogens with zero attached hydrogens (tertiary/aromatic N) is 4. The summed E-state index contributed by atoms with van der Waals surface area (Å²) in [6, 6.07) is 0.713. The number of hydrogen-bond donors (Lipinski definition) is 1. The molecule has 0 amide bonds. The fraction of sp³-hybridized carbons (Fsp3) is 0.818. The van der Waals surface area contributed by atoms with E-state index in [1.54, 1.807) is 6.33 Å². The van der Waals surface area contributed by atoms with Gasteiger partial charge < -0.3 is 9.88 Å². The van der Waals surface area contributed by atoms with Crippen LogP contribution in [0.15, 0.2) is 6.33 Å². The van der Waals surface area contributed by atoms with Gasteiger partial charge in [0.1, 0.15) is 12.2 Å². The summed E-state index contributed by atoms with van der Waals surface area (Å²) in [5.74, 6) is 1.93. The number of fused-ring (bicyclic) bond motifs is 1. The highest BCUT2D eigenvalue weighted by Gasteiger charge is 2.35. The molecule has 88 valence electrons. The molecule has 3 heterocycles. The summed E-state index contributed by atoms with van der Waals surface area (Å²) in [6.45, 7) is 4.48. The maximum atomic E-state index is 4.17. The van der Waals surface area contributed by atoms with E-state index in [2.05, 4.69) is 20.4 Å². The van der Waals surface area contributed by atoms with Crippen LogP contribution in [-0.4, -0.2) is 45.3 Å². The Morgan fingerprint density at radius 2 is 2.44 bits per heavy atom. The number of aromatic nitrogens is 3. The largest absolute Gasteiger partial charge is 0.320 e. The fourth-order valence-electron chi connectivity index (χ4n) is 2.99. The van der Waals surface area contributed by atoms with Gasteiger partial charge in [-0.25, -0.2) is 0 Å². The smallest absolute Gasteiger partial charge is 0.146 e. The molecule has 1 aromatic rings. The zero-order chi connectivity index (χ0) is 11.0. The summed E-state index contributed by atoms with van der Waals surface area (Å²) in [6.07, 6.45) is 4.48. The third-order valence-electron chi connectivity index (χ3n) is 3.94. The lowest BCUT2D eigenvalue weighted by Gasteiger charge is -2.36. The third kappa shape index (κ3) is 1.74. The van der Waals surface area contributed by atoms with Crippen LogP contribution in [0.25, 0.3) is 0 Å². The molecule has 1 aromatic heterocycles. The number of aryl methyl sites for hydroxylation is 1. The number of likely N-dealkylation sites (tertiary alicyclic amines) is 1. The number of nitrogens with one attached hydrogen (secondary N) is 1. The minimum absolute atomic E-state index is 0.713. The number of hydrogen-bond acceptors (Lipinski definition) is 4. The van der Waals surface area contributed by atoms with Gasteiger partial charge in [0.2, 0.25) is 0 Å². The van der Waals surface area contributed by atoms with Gasteiger partial charge in [-0.2, -0.15) is 0 Å². The average Bonchev–Trinajstić information content (AvgIpc) is 2.89. The first-order valence-corrected chi connectivity index (χ1v) is 6.12. The molecule has 0 radical (unpaired) electrons. The molecular formula is C11H19N5. The van der Waals surface area contributed by atoms with Crippen molar-refractivity contribution in [3.05, 3.63) is 12.2 Å². The van der Waals surface area contributed by atoms with Crippen molar-refractivity contribution < 1.29 is 0 Å². The van der Waals surface area contributed by atoms with Crippen molar-refractivity contribution in [3.8, 4) is 0 Å². The van der Waals surface area contributed by atoms with Crippen LogP contribution < -0.4 is 5.32 Å². The SMILES string of the molecule is Cn1cnnc1CN1CCCC2CNCC21. The van der Waals surface area contributed by atoms with Crippen molar-refractivity contribution in [3.63, 3.8) is 0 Å². The lowest BCUT2D eigenvalue weighted by Crippen LogP contribution is -2.44. The lowest BCUT2D eigenvalue weighted by molar-refractivity contribution is 0.113. The van der Waals surface area contributed by atoms with Crippen molar-refractivity contribution in [1.82, 2.24) is 25.0 Å². The van der Waals surface area contributed by atoms with Gasteiger partial charge in [0.05, 0.1) is 6.54 Å². The van der Waals surface area contributed by atoms with E-state index in [1.165, 1.54) is 25.9 Å². The predicted octanol–water partition coefficient (Wildman–Crippen LogP) is -0.00110. The monoisotopic (exact) mass is 221 g/mol. The van der Waals surface area contributed by atoms with Crippen LogP contribution in [0, 0.1) is 5.92 Å². The van der Waals surface area contributed by atoms with Crippen LogP contribution in [0.5, 0.6) is 0 Å². The van der Waals surface area contributed by atoms with Crippen LogP contribution in [-0.2, 0) is 13.6 Å². The Kier molecular flexibility index (Phi) is 2.65. The Labute approximate surface area is 95.8 Å². The molecule has 2 atom stereocenters. The van der Waals surface area contributed by atoms with E-state index in [0.29, 0.717) is 6.04 Å². The molecule has 0 spiro atoms. The standard InChI is InChI=1S/C11H19N5/c1-15-8-13-14-11(15)7-16-4-2-3-9-5-12-6-10(9)16/h8-10,12H,2-7H2,1H3. The van der Waals surface area contributed by atoms with Crippen LogP contribution in [0.2, 0.25) is 0 Å². The third-order valence-corrected chi connectivity index (χ3v) is 3.94. The molecule has 3 rings (SSSR count). The summed E-state index contributed by atoms with van der Waals surface area (Å²) < 4.78 is 2.02. The first-order valence-electron chi connectivity index (χ1n) is 6.12. The van der Waals surface area contributed by atoms with Crippen LogP contribution >= 0.6 is 0 Å². The number of rotatable bonds is 2. The van der Waals surface area contributed by atoms with Gasteiger partial charge in [0.15, 0.2) is 0 Å². The van der Waals surface area contributed by atoms with E-state index in [-0.39, 0.29) is 0 Å². The van der Waals surface area contributed by atoms with Crippen LogP contribution in [0.4, 0.5) is 0 Å². The Hall–Kier alpha value is -0.940. The van der Waals surface area contributed by atoms with E-state index in [0.717, 1.165) is 24.8 Å². The molecular weight excluding hydrogens is 202 g/mol. The Bertz CT molecular complexity index is 361. The molecule has 1 N–H and O–H groups in total. The van der Waals surface area contributed by atoms with Gasteiger partial charge in [-0.05, 0) is 31.8 Å². The van der Waals surface area contributed by atoms with Crippen molar-refractivity contribution in [2.45, 2.75) is 25.4 Å². The molecule has 0 bridgehead atoms. The highest BCUT2D eigenvalue weighted by atomic mass is 15.3. The molecule has 16 heavy (non-hydrogen) atoms. The Balaban J connectivity index is 1.72. The van der Waals surface area contributed by atoms with E-state index in [4.69, 9.17) is 0 Å².